The molecule has 0 saturated carbocycles. The number of aromatic amines is 1. The summed E-state index contributed by atoms with van der Waals surface area (Å²) in [6, 6.07) is 8.41. The predicted molar refractivity (Wildman–Crippen MR) is 70.7 cm³/mol. The maximum atomic E-state index is 11.9. The van der Waals surface area contributed by atoms with Gasteiger partial charge in [-0.2, -0.15) is 0 Å². The molecule has 0 aliphatic carbocycles. The second kappa shape index (κ2) is 4.13. The molecule has 3 rings (SSSR count). The number of benzene rings is 1. The summed E-state index contributed by atoms with van der Waals surface area (Å²) < 4.78 is 0. The lowest BCUT2D eigenvalue weighted by Crippen LogP contribution is -2.04. The van der Waals surface area contributed by atoms with Crippen LogP contribution in [0.5, 0.6) is 0 Å². The van der Waals surface area contributed by atoms with Crippen LogP contribution in [0.2, 0.25) is 0 Å². The van der Waals surface area contributed by atoms with Crippen LogP contribution < -0.4 is 5.32 Å². The van der Waals surface area contributed by atoms with E-state index in [0.717, 1.165) is 5.69 Å². The normalized spacial score (nSPS) is 15.4. The van der Waals surface area contributed by atoms with Crippen molar-refractivity contribution in [3.63, 3.8) is 0 Å². The van der Waals surface area contributed by atoms with Crippen molar-refractivity contribution in [2.24, 2.45) is 0 Å². The summed E-state index contributed by atoms with van der Waals surface area (Å²) in [4.78, 5) is 26.1. The summed E-state index contributed by atoms with van der Waals surface area (Å²) >= 11 is 0. The number of H-pyrrole nitrogens is 1. The number of fused-ring (bicyclic) bond motifs is 1. The van der Waals surface area contributed by atoms with Crippen LogP contribution in [-0.4, -0.2) is 22.0 Å². The zero-order chi connectivity index (χ0) is 13.4. The van der Waals surface area contributed by atoms with Crippen LogP contribution in [0, 0.1) is 0 Å². The first kappa shape index (κ1) is 11.3. The SMILES string of the molecule is O=C1Nc2cccc(C(=O)O)c2C1=Cc1ccc[nH]1. The molecular weight excluding hydrogens is 244 g/mol. The summed E-state index contributed by atoms with van der Waals surface area (Å²) in [5.41, 5.74) is 2.19. The number of carbonyl (C=O) groups excluding carboxylic acids is 1. The van der Waals surface area contributed by atoms with Crippen LogP contribution in [0.3, 0.4) is 0 Å². The molecule has 0 unspecified atom stereocenters. The topological polar surface area (TPSA) is 82.2 Å². The highest BCUT2D eigenvalue weighted by Gasteiger charge is 2.28. The minimum atomic E-state index is -1.05. The van der Waals surface area contributed by atoms with Crippen molar-refractivity contribution in [2.45, 2.75) is 0 Å². The molecule has 0 spiro atoms. The lowest BCUT2D eigenvalue weighted by atomic mass is 10.00. The van der Waals surface area contributed by atoms with Gasteiger partial charge in [-0.1, -0.05) is 6.07 Å². The highest BCUT2D eigenvalue weighted by atomic mass is 16.4. The number of carboxylic acids is 1. The van der Waals surface area contributed by atoms with Crippen LogP contribution in [0.25, 0.3) is 11.6 Å². The standard InChI is InChI=1S/C14H10N2O3/c17-13-10(7-8-3-2-6-15-8)12-9(14(18)19)4-1-5-11(12)16-13/h1-7,15H,(H,16,17)(H,18,19). The Labute approximate surface area is 108 Å². The van der Waals surface area contributed by atoms with Crippen LogP contribution >= 0.6 is 0 Å². The van der Waals surface area contributed by atoms with E-state index < -0.39 is 5.97 Å². The van der Waals surface area contributed by atoms with Crippen molar-refractivity contribution >= 4 is 29.2 Å². The summed E-state index contributed by atoms with van der Waals surface area (Å²) in [5.74, 6) is -1.34. The molecule has 0 saturated heterocycles. The van der Waals surface area contributed by atoms with Crippen LogP contribution in [0.15, 0.2) is 36.5 Å². The molecule has 2 heterocycles. The molecular formula is C14H10N2O3. The van der Waals surface area contributed by atoms with E-state index in [1.807, 2.05) is 12.1 Å². The van der Waals surface area contributed by atoms with E-state index in [-0.39, 0.29) is 11.5 Å². The van der Waals surface area contributed by atoms with Gasteiger partial charge in [0.1, 0.15) is 0 Å². The van der Waals surface area contributed by atoms with E-state index >= 15 is 0 Å². The fourth-order valence-corrected chi connectivity index (χ4v) is 2.16. The fourth-order valence-electron chi connectivity index (χ4n) is 2.16. The average molecular weight is 254 g/mol. The molecule has 1 amide bonds. The summed E-state index contributed by atoms with van der Waals surface area (Å²) in [6.45, 7) is 0. The van der Waals surface area contributed by atoms with Gasteiger partial charge in [0, 0.05) is 23.1 Å². The van der Waals surface area contributed by atoms with Crippen LogP contribution in [0.4, 0.5) is 5.69 Å². The van der Waals surface area contributed by atoms with Crippen molar-refractivity contribution < 1.29 is 14.7 Å². The number of aromatic nitrogens is 1. The molecule has 1 aromatic carbocycles. The Hall–Kier alpha value is -2.82. The molecule has 3 N–H and O–H groups in total. The van der Waals surface area contributed by atoms with E-state index in [2.05, 4.69) is 10.3 Å². The maximum absolute atomic E-state index is 11.9. The first-order valence-corrected chi connectivity index (χ1v) is 5.70. The molecule has 1 aliphatic heterocycles. The minimum Gasteiger partial charge on any atom is -0.478 e. The largest absolute Gasteiger partial charge is 0.478 e. The molecule has 1 aliphatic rings. The van der Waals surface area contributed by atoms with Crippen LogP contribution in [-0.2, 0) is 4.79 Å². The Morgan fingerprint density at radius 2 is 2.05 bits per heavy atom. The van der Waals surface area contributed by atoms with Gasteiger partial charge in [0.05, 0.1) is 11.1 Å². The highest BCUT2D eigenvalue weighted by Crippen LogP contribution is 2.35. The monoisotopic (exact) mass is 254 g/mol. The summed E-state index contributed by atoms with van der Waals surface area (Å²) in [6.07, 6.45) is 3.39. The van der Waals surface area contributed by atoms with Crippen molar-refractivity contribution in [2.75, 3.05) is 5.32 Å². The number of nitrogens with one attached hydrogen (secondary N) is 2. The Morgan fingerprint density at radius 3 is 2.74 bits per heavy atom. The fraction of sp³-hybridized carbons (Fsp3) is 0. The molecule has 5 nitrogen and oxygen atoms in total. The molecule has 0 fully saturated rings. The van der Waals surface area contributed by atoms with Gasteiger partial charge in [-0.15, -0.1) is 0 Å². The van der Waals surface area contributed by atoms with Gasteiger partial charge in [-0.3, -0.25) is 4.79 Å². The van der Waals surface area contributed by atoms with Crippen molar-refractivity contribution in [3.05, 3.63) is 53.3 Å². The third-order valence-corrected chi connectivity index (χ3v) is 2.98. The van der Waals surface area contributed by atoms with E-state index in [4.69, 9.17) is 0 Å². The smallest absolute Gasteiger partial charge is 0.336 e. The molecule has 5 heteroatoms. The first-order valence-electron chi connectivity index (χ1n) is 5.70. The quantitative estimate of drug-likeness (QED) is 0.718. The first-order chi connectivity index (χ1) is 9.16. The molecule has 0 bridgehead atoms. The van der Waals surface area contributed by atoms with Crippen LogP contribution in [0.1, 0.15) is 21.6 Å². The van der Waals surface area contributed by atoms with Gasteiger partial charge in [0.25, 0.3) is 5.91 Å². The Morgan fingerprint density at radius 1 is 1.21 bits per heavy atom. The number of amides is 1. The molecule has 0 atom stereocenters. The predicted octanol–water partition coefficient (Wildman–Crippen LogP) is 2.21. The number of carboxylic acid groups (broad SMARTS) is 1. The van der Waals surface area contributed by atoms with E-state index in [1.165, 1.54) is 6.07 Å². The van der Waals surface area contributed by atoms with Gasteiger partial charge in [-0.25, -0.2) is 4.79 Å². The zero-order valence-corrected chi connectivity index (χ0v) is 9.81. The summed E-state index contributed by atoms with van der Waals surface area (Å²) in [7, 11) is 0. The maximum Gasteiger partial charge on any atom is 0.336 e. The number of hydrogen-bond acceptors (Lipinski definition) is 2. The lowest BCUT2D eigenvalue weighted by Gasteiger charge is -2.03. The van der Waals surface area contributed by atoms with Gasteiger partial charge < -0.3 is 15.4 Å². The molecule has 2 aromatic rings. The van der Waals surface area contributed by atoms with Gasteiger partial charge in [0.2, 0.25) is 0 Å². The molecule has 19 heavy (non-hydrogen) atoms. The summed E-state index contributed by atoms with van der Waals surface area (Å²) in [5, 5.41) is 11.9. The number of carbonyl (C=O) groups is 2. The minimum absolute atomic E-state index is 0.119. The van der Waals surface area contributed by atoms with Crippen molar-refractivity contribution in [3.8, 4) is 0 Å². The van der Waals surface area contributed by atoms with Crippen molar-refractivity contribution in [1.29, 1.82) is 0 Å². The number of anilines is 1. The zero-order valence-electron chi connectivity index (χ0n) is 9.81. The van der Waals surface area contributed by atoms with E-state index in [9.17, 15) is 14.7 Å². The second-order valence-corrected chi connectivity index (χ2v) is 4.17. The Balaban J connectivity index is 2.21. The third-order valence-electron chi connectivity index (χ3n) is 2.98. The van der Waals surface area contributed by atoms with Gasteiger partial charge >= 0.3 is 5.97 Å². The second-order valence-electron chi connectivity index (χ2n) is 4.17. The highest BCUT2D eigenvalue weighted by molar-refractivity contribution is 6.36. The van der Waals surface area contributed by atoms with E-state index in [0.29, 0.717) is 16.8 Å². The number of rotatable bonds is 2. The van der Waals surface area contributed by atoms with Crippen molar-refractivity contribution in [1.82, 2.24) is 4.98 Å². The van der Waals surface area contributed by atoms with Gasteiger partial charge in [-0.05, 0) is 30.3 Å². The Bertz CT molecular complexity index is 699. The molecule has 1 aromatic heterocycles. The molecule has 94 valence electrons. The average Bonchev–Trinajstić information content (AvgIpc) is 2.98. The number of hydrogen-bond donors (Lipinski definition) is 3. The Kier molecular flexibility index (Phi) is 2.45. The lowest BCUT2D eigenvalue weighted by molar-refractivity contribution is -0.110. The van der Waals surface area contributed by atoms with Gasteiger partial charge in [0.15, 0.2) is 0 Å². The molecule has 0 radical (unpaired) electrons. The van der Waals surface area contributed by atoms with E-state index in [1.54, 1.807) is 24.4 Å². The number of aromatic carboxylic acids is 1. The third kappa shape index (κ3) is 1.81.